The number of benzene rings is 1. The number of aryl methyl sites for hydroxylation is 1. The van der Waals surface area contributed by atoms with Gasteiger partial charge in [-0.05, 0) is 30.5 Å². The molecule has 0 saturated carbocycles. The predicted octanol–water partition coefficient (Wildman–Crippen LogP) is 2.64. The molecular formula is C13H11N3. The number of hydrogen-bond acceptors (Lipinski definition) is 3. The molecule has 1 aromatic rings. The molecule has 78 valence electrons. The topological polar surface area (TPSA) is 71.4 Å². The molecule has 0 aliphatic carbocycles. The summed E-state index contributed by atoms with van der Waals surface area (Å²) in [6.07, 6.45) is 2.79. The monoisotopic (exact) mass is 209 g/mol. The van der Waals surface area contributed by atoms with Gasteiger partial charge < -0.3 is 0 Å². The average molecular weight is 209 g/mol. The lowest BCUT2D eigenvalue weighted by Gasteiger charge is -2.04. The second-order valence-electron chi connectivity index (χ2n) is 3.49. The van der Waals surface area contributed by atoms with E-state index in [4.69, 9.17) is 15.8 Å². The molecule has 0 aliphatic rings. The van der Waals surface area contributed by atoms with Gasteiger partial charge >= 0.3 is 0 Å². The lowest BCUT2D eigenvalue weighted by molar-refractivity contribution is 0.793. The zero-order valence-electron chi connectivity index (χ0n) is 9.12. The second-order valence-corrected chi connectivity index (χ2v) is 3.49. The van der Waals surface area contributed by atoms with E-state index in [1.807, 2.05) is 12.1 Å². The number of nitrogens with zero attached hydrogens (tertiary/aromatic N) is 3. The number of hydrogen-bond donors (Lipinski definition) is 0. The Hall–Kier alpha value is -2.31. The van der Waals surface area contributed by atoms with Crippen molar-refractivity contribution < 1.29 is 0 Å². The van der Waals surface area contributed by atoms with Crippen LogP contribution in [0.4, 0.5) is 0 Å². The molecule has 0 bridgehead atoms. The van der Waals surface area contributed by atoms with Crippen molar-refractivity contribution in [1.29, 1.82) is 15.8 Å². The fourth-order valence-electron chi connectivity index (χ4n) is 1.51. The molecule has 3 heteroatoms. The number of unbranched alkanes of at least 4 members (excludes halogenated alkanes) is 1. The van der Waals surface area contributed by atoms with Crippen molar-refractivity contribution in [2.75, 3.05) is 0 Å². The van der Waals surface area contributed by atoms with Crippen LogP contribution in [-0.2, 0) is 6.42 Å². The van der Waals surface area contributed by atoms with Gasteiger partial charge in [-0.25, -0.2) is 0 Å². The molecule has 0 heterocycles. The second kappa shape index (κ2) is 5.54. The molecule has 0 amide bonds. The highest BCUT2D eigenvalue weighted by Gasteiger charge is 2.08. The normalized spacial score (nSPS) is 8.88. The molecule has 1 rings (SSSR count). The van der Waals surface area contributed by atoms with E-state index < -0.39 is 0 Å². The fourth-order valence-corrected chi connectivity index (χ4v) is 1.51. The van der Waals surface area contributed by atoms with Crippen LogP contribution < -0.4 is 0 Å². The van der Waals surface area contributed by atoms with Crippen LogP contribution in [0.5, 0.6) is 0 Å². The van der Waals surface area contributed by atoms with E-state index in [0.29, 0.717) is 11.1 Å². The van der Waals surface area contributed by atoms with E-state index in [-0.39, 0.29) is 5.56 Å². The third-order valence-electron chi connectivity index (χ3n) is 2.40. The van der Waals surface area contributed by atoms with Gasteiger partial charge in [0, 0.05) is 0 Å². The van der Waals surface area contributed by atoms with Crippen molar-refractivity contribution >= 4 is 0 Å². The first kappa shape index (κ1) is 11.8. The van der Waals surface area contributed by atoms with Crippen LogP contribution in [0.1, 0.15) is 42.0 Å². The smallest absolute Gasteiger partial charge is 0.101 e. The molecule has 0 N–H and O–H groups in total. The van der Waals surface area contributed by atoms with Gasteiger partial charge in [0.15, 0.2) is 0 Å². The van der Waals surface area contributed by atoms with Crippen molar-refractivity contribution in [1.82, 2.24) is 0 Å². The van der Waals surface area contributed by atoms with Crippen LogP contribution in [0, 0.1) is 34.0 Å². The lowest BCUT2D eigenvalue weighted by Crippen LogP contribution is -1.95. The maximum absolute atomic E-state index is 8.96. The fraction of sp³-hybridized carbons (Fsp3) is 0.308. The third kappa shape index (κ3) is 2.38. The first-order valence-corrected chi connectivity index (χ1v) is 5.14. The largest absolute Gasteiger partial charge is 0.192 e. The van der Waals surface area contributed by atoms with Crippen LogP contribution in [0.25, 0.3) is 0 Å². The molecule has 0 saturated heterocycles. The molecule has 0 spiro atoms. The van der Waals surface area contributed by atoms with E-state index in [9.17, 15) is 0 Å². The highest BCUT2D eigenvalue weighted by molar-refractivity contribution is 5.53. The minimum atomic E-state index is 0.277. The predicted molar refractivity (Wildman–Crippen MR) is 59.2 cm³/mol. The summed E-state index contributed by atoms with van der Waals surface area (Å²) < 4.78 is 0. The number of nitriles is 3. The van der Waals surface area contributed by atoms with Crippen LogP contribution in [0.15, 0.2) is 12.1 Å². The zero-order valence-corrected chi connectivity index (χ0v) is 9.12. The SMILES string of the molecule is CCCCc1cc(C#N)c(C#N)cc1C#N. The molecular weight excluding hydrogens is 198 g/mol. The van der Waals surface area contributed by atoms with Crippen molar-refractivity contribution in [3.8, 4) is 18.2 Å². The maximum atomic E-state index is 8.96. The number of rotatable bonds is 3. The quantitative estimate of drug-likeness (QED) is 0.768. The molecule has 0 fully saturated rings. The van der Waals surface area contributed by atoms with Crippen molar-refractivity contribution in [2.24, 2.45) is 0 Å². The summed E-state index contributed by atoms with van der Waals surface area (Å²) in [6, 6.07) is 9.15. The Labute approximate surface area is 95.2 Å². The summed E-state index contributed by atoms with van der Waals surface area (Å²) in [5, 5.41) is 26.7. The van der Waals surface area contributed by atoms with Gasteiger partial charge in [-0.2, -0.15) is 15.8 Å². The van der Waals surface area contributed by atoms with Crippen molar-refractivity contribution in [2.45, 2.75) is 26.2 Å². The van der Waals surface area contributed by atoms with Gasteiger partial charge in [0.05, 0.1) is 22.8 Å². The van der Waals surface area contributed by atoms with Crippen molar-refractivity contribution in [3.63, 3.8) is 0 Å². The Morgan fingerprint density at radius 3 is 2.00 bits per heavy atom. The molecule has 0 aromatic heterocycles. The summed E-state index contributed by atoms with van der Waals surface area (Å²) >= 11 is 0. The van der Waals surface area contributed by atoms with Crippen LogP contribution in [0.3, 0.4) is 0 Å². The third-order valence-corrected chi connectivity index (χ3v) is 2.40. The van der Waals surface area contributed by atoms with Gasteiger partial charge in [-0.3, -0.25) is 0 Å². The first-order chi connectivity index (χ1) is 7.76. The highest BCUT2D eigenvalue weighted by atomic mass is 14.3. The van der Waals surface area contributed by atoms with Crippen LogP contribution >= 0.6 is 0 Å². The minimum absolute atomic E-state index is 0.277. The Morgan fingerprint density at radius 1 is 0.938 bits per heavy atom. The maximum Gasteiger partial charge on any atom is 0.101 e. The lowest BCUT2D eigenvalue weighted by atomic mass is 9.97. The standard InChI is InChI=1S/C13H11N3/c1-2-3-4-10-5-12(8-15)13(9-16)6-11(10)7-14/h5-6H,2-4H2,1H3. The Morgan fingerprint density at radius 2 is 1.50 bits per heavy atom. The summed E-state index contributed by atoms with van der Waals surface area (Å²) in [4.78, 5) is 0. The van der Waals surface area contributed by atoms with E-state index in [0.717, 1.165) is 24.8 Å². The van der Waals surface area contributed by atoms with Crippen LogP contribution in [-0.4, -0.2) is 0 Å². The highest BCUT2D eigenvalue weighted by Crippen LogP contribution is 2.17. The Kier molecular flexibility index (Phi) is 4.07. The summed E-state index contributed by atoms with van der Waals surface area (Å²) in [6.45, 7) is 2.07. The Balaban J connectivity index is 3.25. The van der Waals surface area contributed by atoms with E-state index in [1.165, 1.54) is 6.07 Å². The van der Waals surface area contributed by atoms with E-state index >= 15 is 0 Å². The molecule has 0 atom stereocenters. The average Bonchev–Trinajstić information content (AvgIpc) is 2.35. The molecule has 0 aliphatic heterocycles. The van der Waals surface area contributed by atoms with Gasteiger partial charge in [-0.1, -0.05) is 13.3 Å². The molecule has 0 unspecified atom stereocenters. The minimum Gasteiger partial charge on any atom is -0.192 e. The van der Waals surface area contributed by atoms with Crippen LogP contribution in [0.2, 0.25) is 0 Å². The molecule has 1 aromatic carbocycles. The molecule has 16 heavy (non-hydrogen) atoms. The zero-order chi connectivity index (χ0) is 12.0. The van der Waals surface area contributed by atoms with Gasteiger partial charge in [-0.15, -0.1) is 0 Å². The summed E-state index contributed by atoms with van der Waals surface area (Å²) in [7, 11) is 0. The van der Waals surface area contributed by atoms with Gasteiger partial charge in [0.2, 0.25) is 0 Å². The van der Waals surface area contributed by atoms with Gasteiger partial charge in [0.1, 0.15) is 12.1 Å². The van der Waals surface area contributed by atoms with E-state index in [1.54, 1.807) is 6.07 Å². The first-order valence-electron chi connectivity index (χ1n) is 5.14. The van der Waals surface area contributed by atoms with Crippen molar-refractivity contribution in [3.05, 3.63) is 34.4 Å². The van der Waals surface area contributed by atoms with E-state index in [2.05, 4.69) is 13.0 Å². The van der Waals surface area contributed by atoms with Gasteiger partial charge in [0.25, 0.3) is 0 Å². The summed E-state index contributed by atoms with van der Waals surface area (Å²) in [5.74, 6) is 0. The molecule has 0 radical (unpaired) electrons. The molecule has 3 nitrogen and oxygen atoms in total. The Bertz CT molecular complexity index is 510. The summed E-state index contributed by atoms with van der Waals surface area (Å²) in [5.41, 5.74) is 2.00.